The summed E-state index contributed by atoms with van der Waals surface area (Å²) in [5, 5.41) is 3.54. The van der Waals surface area contributed by atoms with E-state index in [2.05, 4.69) is 18.5 Å². The minimum absolute atomic E-state index is 0.0387. The van der Waals surface area contributed by atoms with Gasteiger partial charge in [-0.25, -0.2) is 0 Å². The first-order valence-electron chi connectivity index (χ1n) is 6.33. The van der Waals surface area contributed by atoms with Gasteiger partial charge in [-0.3, -0.25) is 4.79 Å². The van der Waals surface area contributed by atoms with Crippen LogP contribution in [-0.2, 0) is 4.79 Å². The zero-order valence-electron chi connectivity index (χ0n) is 12.1. The number of hydrogen-bond acceptors (Lipinski definition) is 1. The molecular formula is C16H22ClNO. The maximum Gasteiger partial charge on any atom is 0.231 e. The van der Waals surface area contributed by atoms with Crippen molar-refractivity contribution in [3.8, 4) is 0 Å². The molecule has 0 aromatic rings. The Morgan fingerprint density at radius 1 is 1.42 bits per heavy atom. The van der Waals surface area contributed by atoms with Gasteiger partial charge in [0.25, 0.3) is 0 Å². The molecule has 1 aliphatic heterocycles. The van der Waals surface area contributed by atoms with Gasteiger partial charge in [-0.05, 0) is 45.8 Å². The second-order valence-corrected chi connectivity index (χ2v) is 6.21. The van der Waals surface area contributed by atoms with Gasteiger partial charge in [0, 0.05) is 5.03 Å². The van der Waals surface area contributed by atoms with Gasteiger partial charge in [-0.15, -0.1) is 6.58 Å². The van der Waals surface area contributed by atoms with Crippen molar-refractivity contribution >= 4 is 17.5 Å². The molecule has 1 aliphatic rings. The summed E-state index contributed by atoms with van der Waals surface area (Å²) in [6, 6.07) is 0. The van der Waals surface area contributed by atoms with E-state index in [1.54, 1.807) is 12.2 Å². The molecule has 1 atom stereocenters. The molecule has 0 spiro atoms. The van der Waals surface area contributed by atoms with Crippen molar-refractivity contribution in [3.05, 3.63) is 47.6 Å². The quantitative estimate of drug-likeness (QED) is 0.609. The summed E-state index contributed by atoms with van der Waals surface area (Å²) < 4.78 is 0. The van der Waals surface area contributed by atoms with Crippen LogP contribution in [0.4, 0.5) is 0 Å². The van der Waals surface area contributed by atoms with Gasteiger partial charge >= 0.3 is 0 Å². The van der Waals surface area contributed by atoms with Gasteiger partial charge in [0.2, 0.25) is 5.91 Å². The lowest BCUT2D eigenvalue weighted by Crippen LogP contribution is -2.55. The molecule has 0 saturated carbocycles. The highest BCUT2D eigenvalue weighted by Crippen LogP contribution is 2.41. The van der Waals surface area contributed by atoms with Crippen molar-refractivity contribution < 1.29 is 4.79 Å². The van der Waals surface area contributed by atoms with Crippen LogP contribution < -0.4 is 5.32 Å². The lowest BCUT2D eigenvalue weighted by atomic mass is 9.69. The van der Waals surface area contributed by atoms with Crippen LogP contribution >= 0.6 is 11.6 Å². The predicted octanol–water partition coefficient (Wildman–Crippen LogP) is 4.10. The fraction of sp³-hybridized carbons (Fsp3) is 0.438. The number of rotatable bonds is 4. The van der Waals surface area contributed by atoms with Crippen LogP contribution in [0.3, 0.4) is 0 Å². The lowest BCUT2D eigenvalue weighted by molar-refractivity contribution is -0.130. The van der Waals surface area contributed by atoms with Crippen LogP contribution in [-0.4, -0.2) is 11.4 Å². The smallest absolute Gasteiger partial charge is 0.231 e. The van der Waals surface area contributed by atoms with Crippen molar-refractivity contribution in [2.75, 3.05) is 0 Å². The predicted molar refractivity (Wildman–Crippen MR) is 82.0 cm³/mol. The first-order chi connectivity index (χ1) is 8.65. The van der Waals surface area contributed by atoms with Gasteiger partial charge in [0.05, 0.1) is 11.0 Å². The van der Waals surface area contributed by atoms with Gasteiger partial charge in [0.15, 0.2) is 0 Å². The molecule has 0 bridgehead atoms. The van der Waals surface area contributed by atoms with Crippen molar-refractivity contribution in [1.82, 2.24) is 5.32 Å². The average Bonchev–Trinajstić information content (AvgIpc) is 2.26. The lowest BCUT2D eigenvalue weighted by Gasteiger charge is -2.43. The molecule has 0 aromatic heterocycles. The summed E-state index contributed by atoms with van der Waals surface area (Å²) in [6.45, 7) is 15.3. The molecule has 0 saturated heterocycles. The topological polar surface area (TPSA) is 29.1 Å². The maximum absolute atomic E-state index is 12.4. The molecule has 1 heterocycles. The Kier molecular flexibility index (Phi) is 4.46. The maximum atomic E-state index is 12.4. The minimum atomic E-state index is -0.551. The van der Waals surface area contributed by atoms with E-state index in [1.807, 2.05) is 33.8 Å². The minimum Gasteiger partial charge on any atom is -0.346 e. The molecule has 19 heavy (non-hydrogen) atoms. The molecule has 1 amide bonds. The zero-order valence-corrected chi connectivity index (χ0v) is 12.9. The van der Waals surface area contributed by atoms with Crippen molar-refractivity contribution in [2.45, 2.75) is 39.7 Å². The molecule has 0 radical (unpaired) electrons. The standard InChI is InChI=1S/C16H22ClNO/c1-7-10-16(6)12(3)13(9-8-11(2)17)15(4,5)18-14(16)19/h7-9H,1-2,10H2,3-6H3,(H,18,19)/b9-8-. The van der Waals surface area contributed by atoms with Gasteiger partial charge in [0.1, 0.15) is 0 Å². The third kappa shape index (κ3) is 3.01. The number of hydrogen-bond donors (Lipinski definition) is 1. The van der Waals surface area contributed by atoms with E-state index >= 15 is 0 Å². The normalized spacial score (nSPS) is 26.5. The third-order valence-corrected chi connectivity index (χ3v) is 3.94. The highest BCUT2D eigenvalue weighted by molar-refractivity contribution is 6.30. The van der Waals surface area contributed by atoms with E-state index in [1.165, 1.54) is 0 Å². The van der Waals surface area contributed by atoms with Crippen LogP contribution in [0.25, 0.3) is 0 Å². The highest BCUT2D eigenvalue weighted by Gasteiger charge is 2.44. The molecule has 0 aliphatic carbocycles. The van der Waals surface area contributed by atoms with Gasteiger partial charge in [-0.1, -0.05) is 35.9 Å². The fourth-order valence-corrected chi connectivity index (χ4v) is 2.53. The molecule has 0 fully saturated rings. The largest absolute Gasteiger partial charge is 0.346 e. The summed E-state index contributed by atoms with van der Waals surface area (Å²) >= 11 is 5.79. The average molecular weight is 280 g/mol. The Morgan fingerprint density at radius 2 is 2.00 bits per heavy atom. The van der Waals surface area contributed by atoms with Gasteiger partial charge < -0.3 is 5.32 Å². The Hall–Kier alpha value is -1.28. The van der Waals surface area contributed by atoms with Crippen LogP contribution in [0.2, 0.25) is 0 Å². The Bertz CT molecular complexity index is 485. The molecule has 1 unspecified atom stereocenters. The fourth-order valence-electron chi connectivity index (χ4n) is 2.47. The van der Waals surface area contributed by atoms with E-state index in [0.29, 0.717) is 11.5 Å². The van der Waals surface area contributed by atoms with E-state index in [-0.39, 0.29) is 5.91 Å². The van der Waals surface area contributed by atoms with Crippen LogP contribution in [0.5, 0.6) is 0 Å². The summed E-state index contributed by atoms with van der Waals surface area (Å²) in [7, 11) is 0. The Balaban J connectivity index is 3.41. The number of amides is 1. The number of carbonyl (C=O) groups excluding carboxylic acids is 1. The molecule has 104 valence electrons. The second kappa shape index (κ2) is 5.38. The second-order valence-electron chi connectivity index (χ2n) is 5.72. The molecule has 1 N–H and O–H groups in total. The highest BCUT2D eigenvalue weighted by atomic mass is 35.5. The van der Waals surface area contributed by atoms with Crippen molar-refractivity contribution in [2.24, 2.45) is 5.41 Å². The van der Waals surface area contributed by atoms with E-state index < -0.39 is 11.0 Å². The van der Waals surface area contributed by atoms with E-state index in [0.717, 1.165) is 11.1 Å². The van der Waals surface area contributed by atoms with E-state index in [9.17, 15) is 4.79 Å². The summed E-state index contributed by atoms with van der Waals surface area (Å²) in [5.74, 6) is 0.0387. The first kappa shape index (κ1) is 15.8. The van der Waals surface area contributed by atoms with Gasteiger partial charge in [-0.2, -0.15) is 0 Å². The molecule has 1 rings (SSSR count). The zero-order chi connectivity index (χ0) is 14.8. The van der Waals surface area contributed by atoms with Crippen LogP contribution in [0.15, 0.2) is 47.6 Å². The summed E-state index contributed by atoms with van der Waals surface area (Å²) in [6.07, 6.45) is 6.09. The number of halogens is 1. The Morgan fingerprint density at radius 3 is 2.47 bits per heavy atom. The SMILES string of the molecule is C=CCC1(C)C(=O)NC(C)(C)C(/C=C\C(=C)Cl)=C1C. The summed E-state index contributed by atoms with van der Waals surface area (Å²) in [5.41, 5.74) is 1.16. The Labute approximate surface area is 120 Å². The first-order valence-corrected chi connectivity index (χ1v) is 6.71. The van der Waals surface area contributed by atoms with Crippen LogP contribution in [0, 0.1) is 5.41 Å². The van der Waals surface area contributed by atoms with E-state index in [4.69, 9.17) is 11.6 Å². The van der Waals surface area contributed by atoms with Crippen molar-refractivity contribution in [1.29, 1.82) is 0 Å². The summed E-state index contributed by atoms with van der Waals surface area (Å²) in [4.78, 5) is 12.4. The molecule has 2 nitrogen and oxygen atoms in total. The number of allylic oxidation sites excluding steroid dienone is 3. The third-order valence-electron chi connectivity index (χ3n) is 3.82. The molecule has 3 heteroatoms. The van der Waals surface area contributed by atoms with Crippen molar-refractivity contribution in [3.63, 3.8) is 0 Å². The molecule has 0 aromatic carbocycles. The number of nitrogens with one attached hydrogen (secondary N) is 1. The monoisotopic (exact) mass is 279 g/mol. The number of carbonyl (C=O) groups is 1. The van der Waals surface area contributed by atoms with Crippen LogP contribution in [0.1, 0.15) is 34.1 Å². The molecular weight excluding hydrogens is 258 g/mol.